The Labute approximate surface area is 364 Å². The number of anilines is 6. The molecule has 0 bridgehead atoms. The molecule has 0 fully saturated rings. The molecule has 4 heterocycles. The second kappa shape index (κ2) is 13.4. The predicted molar refractivity (Wildman–Crippen MR) is 262 cm³/mol. The van der Waals surface area contributed by atoms with Crippen LogP contribution in [0.1, 0.15) is 0 Å². The van der Waals surface area contributed by atoms with Crippen LogP contribution in [0.3, 0.4) is 0 Å². The molecule has 0 unspecified atom stereocenters. The fourth-order valence-electron chi connectivity index (χ4n) is 9.80. The fraction of sp³-hybridized carbons (Fsp3) is 0. The lowest BCUT2D eigenvalue weighted by atomic mass is 10.0. The minimum atomic E-state index is 0.817. The summed E-state index contributed by atoms with van der Waals surface area (Å²) >= 11 is 0. The molecule has 0 N–H and O–H groups in total. The number of nitrogens with zero attached hydrogens (tertiary/aromatic N) is 2. The molecule has 0 aliphatic heterocycles. The van der Waals surface area contributed by atoms with Crippen LogP contribution in [-0.4, -0.2) is 0 Å². The van der Waals surface area contributed by atoms with E-state index in [4.69, 9.17) is 17.7 Å². The number of fused-ring (bicyclic) bond motifs is 13. The third-order valence-electron chi connectivity index (χ3n) is 12.8. The van der Waals surface area contributed by atoms with Gasteiger partial charge >= 0.3 is 0 Å². The summed E-state index contributed by atoms with van der Waals surface area (Å²) in [4.78, 5) is 4.50. The monoisotopic (exact) mass is 822 g/mol. The Balaban J connectivity index is 0.858. The van der Waals surface area contributed by atoms with Crippen molar-refractivity contribution in [1.82, 2.24) is 0 Å². The number of benzene rings is 10. The van der Waals surface area contributed by atoms with Gasteiger partial charge in [-0.1, -0.05) is 72.8 Å². The first-order valence-electron chi connectivity index (χ1n) is 21.5. The molecule has 300 valence electrons. The lowest BCUT2D eigenvalue weighted by Crippen LogP contribution is -2.09. The zero-order valence-corrected chi connectivity index (χ0v) is 34.2. The molecular weight excluding hydrogens is 789 g/mol. The Morgan fingerprint density at radius 1 is 0.203 bits per heavy atom. The van der Waals surface area contributed by atoms with E-state index >= 15 is 0 Å². The van der Waals surface area contributed by atoms with Crippen molar-refractivity contribution in [3.8, 4) is 0 Å². The highest BCUT2D eigenvalue weighted by Crippen LogP contribution is 2.44. The van der Waals surface area contributed by atoms with Crippen molar-refractivity contribution in [3.63, 3.8) is 0 Å². The molecule has 0 spiro atoms. The van der Waals surface area contributed by atoms with E-state index in [0.29, 0.717) is 0 Å². The molecular formula is C58H34N2O4. The second-order valence-corrected chi connectivity index (χ2v) is 16.5. The van der Waals surface area contributed by atoms with Gasteiger partial charge in [-0.3, -0.25) is 0 Å². The van der Waals surface area contributed by atoms with Gasteiger partial charge in [-0.25, -0.2) is 0 Å². The number of hydrogen-bond acceptors (Lipinski definition) is 6. The topological polar surface area (TPSA) is 59.0 Å². The second-order valence-electron chi connectivity index (χ2n) is 16.5. The van der Waals surface area contributed by atoms with Crippen molar-refractivity contribution in [2.24, 2.45) is 0 Å². The molecule has 0 radical (unpaired) electrons. The van der Waals surface area contributed by atoms with E-state index in [2.05, 4.69) is 168 Å². The van der Waals surface area contributed by atoms with Gasteiger partial charge in [0.25, 0.3) is 0 Å². The smallest absolute Gasteiger partial charge is 0.137 e. The summed E-state index contributed by atoms with van der Waals surface area (Å²) in [5.41, 5.74) is 12.8. The molecule has 6 nitrogen and oxygen atoms in total. The van der Waals surface area contributed by atoms with E-state index in [9.17, 15) is 0 Å². The van der Waals surface area contributed by atoms with Gasteiger partial charge in [0, 0.05) is 101 Å². The van der Waals surface area contributed by atoms with E-state index in [-0.39, 0.29) is 0 Å². The van der Waals surface area contributed by atoms with Gasteiger partial charge in [0.05, 0.1) is 0 Å². The average Bonchev–Trinajstić information content (AvgIpc) is 4.10. The van der Waals surface area contributed by atoms with Gasteiger partial charge in [-0.15, -0.1) is 0 Å². The highest BCUT2D eigenvalue weighted by Gasteiger charge is 2.20. The van der Waals surface area contributed by atoms with Gasteiger partial charge < -0.3 is 27.5 Å². The summed E-state index contributed by atoms with van der Waals surface area (Å²) in [6.45, 7) is 0. The van der Waals surface area contributed by atoms with Crippen LogP contribution in [0.5, 0.6) is 0 Å². The van der Waals surface area contributed by atoms with Crippen LogP contribution in [0.2, 0.25) is 0 Å². The largest absolute Gasteiger partial charge is 0.456 e. The molecule has 0 aliphatic carbocycles. The maximum Gasteiger partial charge on any atom is 0.137 e. The first-order chi connectivity index (χ1) is 31.7. The van der Waals surface area contributed by atoms with E-state index in [0.717, 1.165) is 133 Å². The summed E-state index contributed by atoms with van der Waals surface area (Å²) in [6.07, 6.45) is 0. The maximum atomic E-state index is 6.70. The van der Waals surface area contributed by atoms with Crippen LogP contribution in [0, 0.1) is 0 Å². The summed E-state index contributed by atoms with van der Waals surface area (Å²) in [6, 6.07) is 71.8. The zero-order valence-electron chi connectivity index (χ0n) is 34.2. The molecule has 14 rings (SSSR count). The van der Waals surface area contributed by atoms with Gasteiger partial charge in [0.1, 0.15) is 44.7 Å². The van der Waals surface area contributed by atoms with E-state index in [1.165, 1.54) is 0 Å². The van der Waals surface area contributed by atoms with E-state index < -0.39 is 0 Å². The van der Waals surface area contributed by atoms with Crippen molar-refractivity contribution >= 4 is 133 Å². The number of rotatable bonds is 6. The Morgan fingerprint density at radius 2 is 0.500 bits per heavy atom. The molecule has 14 aromatic rings. The van der Waals surface area contributed by atoms with Crippen molar-refractivity contribution in [1.29, 1.82) is 0 Å². The Hall–Kier alpha value is -8.74. The zero-order chi connectivity index (χ0) is 41.9. The predicted octanol–water partition coefficient (Wildman–Crippen LogP) is 17.4. The Bertz CT molecular complexity index is 3890. The van der Waals surface area contributed by atoms with Gasteiger partial charge in [-0.2, -0.15) is 0 Å². The minimum Gasteiger partial charge on any atom is -0.456 e. The fourth-order valence-corrected chi connectivity index (χ4v) is 9.80. The number of para-hydroxylation sites is 4. The minimum absolute atomic E-state index is 0.817. The standard InChI is InChI=1S/C58H34N2O4/c1-3-11-37(12-4-1)59(39-19-23-45-43-15-7-9-17-51(43)61-55(45)31-39)41-21-25-47-49-27-35-30-54-50(28-36(35)29-53(49)63-57(47)33-41)48-26-22-42(34-58(48)64-54)60(38-13-5-2-6-14-38)40-20-24-46-44-16-8-10-18-52(44)62-56(46)32-40/h1-34H. The summed E-state index contributed by atoms with van der Waals surface area (Å²) in [7, 11) is 0. The van der Waals surface area contributed by atoms with Crippen LogP contribution >= 0.6 is 0 Å². The Kier molecular flexibility index (Phi) is 7.30. The van der Waals surface area contributed by atoms with Crippen LogP contribution in [0.4, 0.5) is 34.1 Å². The maximum absolute atomic E-state index is 6.70. The third-order valence-corrected chi connectivity index (χ3v) is 12.8. The highest BCUT2D eigenvalue weighted by atomic mass is 16.3. The average molecular weight is 823 g/mol. The molecule has 10 aromatic carbocycles. The molecule has 4 aromatic heterocycles. The molecule has 0 aliphatic rings. The lowest BCUT2D eigenvalue weighted by molar-refractivity contribution is 0.668. The van der Waals surface area contributed by atoms with Gasteiger partial charge in [-0.05, 0) is 120 Å². The molecule has 64 heavy (non-hydrogen) atoms. The van der Waals surface area contributed by atoms with Crippen LogP contribution in [0.25, 0.3) is 98.5 Å². The Morgan fingerprint density at radius 3 is 0.891 bits per heavy atom. The van der Waals surface area contributed by atoms with Crippen LogP contribution < -0.4 is 9.80 Å². The molecule has 0 saturated heterocycles. The number of hydrogen-bond donors (Lipinski definition) is 0. The third kappa shape index (κ3) is 5.33. The van der Waals surface area contributed by atoms with Crippen LogP contribution in [-0.2, 0) is 0 Å². The van der Waals surface area contributed by atoms with Crippen LogP contribution in [0.15, 0.2) is 224 Å². The van der Waals surface area contributed by atoms with Gasteiger partial charge in [0.15, 0.2) is 0 Å². The van der Waals surface area contributed by atoms with Gasteiger partial charge in [0.2, 0.25) is 0 Å². The van der Waals surface area contributed by atoms with Crippen molar-refractivity contribution in [2.75, 3.05) is 9.80 Å². The van der Waals surface area contributed by atoms with E-state index in [1.807, 2.05) is 48.5 Å². The summed E-state index contributed by atoms with van der Waals surface area (Å²) in [5.74, 6) is 0. The molecule has 6 heteroatoms. The first-order valence-corrected chi connectivity index (χ1v) is 21.5. The highest BCUT2D eigenvalue weighted by molar-refractivity contribution is 6.16. The first kappa shape index (κ1) is 34.9. The molecule has 0 atom stereocenters. The van der Waals surface area contributed by atoms with Crippen molar-refractivity contribution in [2.45, 2.75) is 0 Å². The normalized spacial score (nSPS) is 12.1. The van der Waals surface area contributed by atoms with Crippen molar-refractivity contribution < 1.29 is 17.7 Å². The summed E-state index contributed by atoms with van der Waals surface area (Å²) < 4.78 is 26.0. The van der Waals surface area contributed by atoms with Crippen molar-refractivity contribution in [3.05, 3.63) is 206 Å². The molecule has 0 amide bonds. The van der Waals surface area contributed by atoms with E-state index in [1.54, 1.807) is 0 Å². The lowest BCUT2D eigenvalue weighted by Gasteiger charge is -2.25. The SMILES string of the molecule is c1ccc(N(c2ccc3c(c2)oc2ccccc23)c2ccc3c(c2)oc2cc4cc5c(cc4cc23)oc2cc(N(c3ccccc3)c3ccc4c(c3)oc3ccccc34)ccc25)cc1. The number of furan rings is 4. The summed E-state index contributed by atoms with van der Waals surface area (Å²) in [5, 5.41) is 10.8. The molecule has 0 saturated carbocycles. The quantitative estimate of drug-likeness (QED) is 0.166.